The van der Waals surface area contributed by atoms with Crippen LogP contribution in [0.1, 0.15) is 5.56 Å². The second-order valence-corrected chi connectivity index (χ2v) is 5.91. The second kappa shape index (κ2) is 7.07. The highest BCUT2D eigenvalue weighted by atomic mass is 16.2. The number of rotatable bonds is 5. The first-order valence-corrected chi connectivity index (χ1v) is 7.84. The number of nitrogens with one attached hydrogen (secondary N) is 2. The van der Waals surface area contributed by atoms with E-state index in [2.05, 4.69) is 41.7 Å². The molecule has 0 saturated carbocycles. The Kier molecular flexibility index (Phi) is 4.69. The Morgan fingerprint density at radius 2 is 1.61 bits per heavy atom. The fourth-order valence-electron chi connectivity index (χ4n) is 2.76. The number of quaternary nitrogens is 1. The molecule has 23 heavy (non-hydrogen) atoms. The zero-order valence-electron chi connectivity index (χ0n) is 13.3. The van der Waals surface area contributed by atoms with Crippen molar-refractivity contribution in [1.82, 2.24) is 0 Å². The van der Waals surface area contributed by atoms with Crippen LogP contribution in [0.5, 0.6) is 0 Å². The predicted octanol–water partition coefficient (Wildman–Crippen LogP) is 2.49. The number of likely N-dealkylation sites (N-methyl/N-ethyl adjacent to an activating group) is 1. The van der Waals surface area contributed by atoms with E-state index in [4.69, 9.17) is 0 Å². The molecule has 0 heterocycles. The van der Waals surface area contributed by atoms with Crippen LogP contribution in [-0.2, 0) is 11.3 Å². The number of para-hydroxylation sites is 1. The summed E-state index contributed by atoms with van der Waals surface area (Å²) < 4.78 is 0. The molecule has 1 unspecified atom stereocenters. The van der Waals surface area contributed by atoms with Crippen LogP contribution in [0.4, 0.5) is 5.69 Å². The van der Waals surface area contributed by atoms with Gasteiger partial charge in [0, 0.05) is 11.3 Å². The van der Waals surface area contributed by atoms with Crippen molar-refractivity contribution in [2.24, 2.45) is 0 Å². The number of hydrogen-bond donors (Lipinski definition) is 2. The summed E-state index contributed by atoms with van der Waals surface area (Å²) in [4.78, 5) is 13.3. The minimum atomic E-state index is 0.0366. The maximum absolute atomic E-state index is 12.1. The minimum Gasteiger partial charge on any atom is -0.326 e. The molecule has 116 valence electrons. The van der Waals surface area contributed by atoms with Crippen molar-refractivity contribution in [3.8, 4) is 0 Å². The standard InChI is InChI=1S/C20H20N2O/c1-22(15-20(23)21-19-9-3-2-4-10-19)14-16-11-12-17-7-5-6-8-18(17)13-16/h2-13H,14-15H2,1H3,(H,21,23)/p+1. The molecule has 0 fully saturated rings. The lowest BCUT2D eigenvalue weighted by Crippen LogP contribution is -3.08. The first-order valence-electron chi connectivity index (χ1n) is 7.84. The van der Waals surface area contributed by atoms with Crippen molar-refractivity contribution in [2.45, 2.75) is 6.54 Å². The zero-order chi connectivity index (χ0) is 16.1. The number of carbonyl (C=O) groups is 1. The third-order valence-electron chi connectivity index (χ3n) is 3.84. The Hall–Kier alpha value is -2.65. The van der Waals surface area contributed by atoms with Crippen LogP contribution in [-0.4, -0.2) is 19.5 Å². The summed E-state index contributed by atoms with van der Waals surface area (Å²) in [6, 6.07) is 24.4. The molecule has 3 rings (SSSR count). The third kappa shape index (κ3) is 4.18. The normalized spacial score (nSPS) is 12.0. The molecule has 0 saturated heterocycles. The van der Waals surface area contributed by atoms with Gasteiger partial charge in [-0.05, 0) is 29.0 Å². The first kappa shape index (κ1) is 15.3. The molecule has 0 aromatic heterocycles. The van der Waals surface area contributed by atoms with E-state index >= 15 is 0 Å². The number of benzene rings is 3. The largest absolute Gasteiger partial charge is 0.326 e. The fourth-order valence-corrected chi connectivity index (χ4v) is 2.76. The lowest BCUT2D eigenvalue weighted by molar-refractivity contribution is -0.885. The van der Waals surface area contributed by atoms with Crippen LogP contribution < -0.4 is 10.2 Å². The van der Waals surface area contributed by atoms with Crippen LogP contribution in [0, 0.1) is 0 Å². The van der Waals surface area contributed by atoms with E-state index in [1.165, 1.54) is 16.3 Å². The average molecular weight is 305 g/mol. The van der Waals surface area contributed by atoms with Crippen molar-refractivity contribution in [3.05, 3.63) is 78.4 Å². The van der Waals surface area contributed by atoms with Gasteiger partial charge in [-0.25, -0.2) is 0 Å². The van der Waals surface area contributed by atoms with Crippen LogP contribution in [0.15, 0.2) is 72.8 Å². The van der Waals surface area contributed by atoms with Crippen LogP contribution in [0.2, 0.25) is 0 Å². The van der Waals surface area contributed by atoms with Crippen molar-refractivity contribution in [3.63, 3.8) is 0 Å². The monoisotopic (exact) mass is 305 g/mol. The van der Waals surface area contributed by atoms with Gasteiger partial charge in [0.25, 0.3) is 5.91 Å². The summed E-state index contributed by atoms with van der Waals surface area (Å²) in [6.07, 6.45) is 0. The van der Waals surface area contributed by atoms with Gasteiger partial charge in [-0.2, -0.15) is 0 Å². The summed E-state index contributed by atoms with van der Waals surface area (Å²) in [5.41, 5.74) is 2.09. The van der Waals surface area contributed by atoms with Gasteiger partial charge in [-0.3, -0.25) is 4.79 Å². The van der Waals surface area contributed by atoms with E-state index < -0.39 is 0 Å². The van der Waals surface area contributed by atoms with Crippen molar-refractivity contribution in [2.75, 3.05) is 18.9 Å². The average Bonchev–Trinajstić information content (AvgIpc) is 2.55. The molecular formula is C20H21N2O+. The van der Waals surface area contributed by atoms with Gasteiger partial charge in [0.05, 0.1) is 7.05 Å². The lowest BCUT2D eigenvalue weighted by Gasteiger charge is -2.14. The quantitative estimate of drug-likeness (QED) is 0.746. The van der Waals surface area contributed by atoms with Gasteiger partial charge < -0.3 is 10.2 Å². The van der Waals surface area contributed by atoms with E-state index in [0.717, 1.165) is 17.1 Å². The molecule has 3 heteroatoms. The molecule has 0 aliphatic carbocycles. The molecule has 2 N–H and O–H groups in total. The molecule has 1 atom stereocenters. The molecule has 3 aromatic rings. The highest BCUT2D eigenvalue weighted by molar-refractivity contribution is 5.91. The van der Waals surface area contributed by atoms with E-state index in [0.29, 0.717) is 6.54 Å². The molecular weight excluding hydrogens is 284 g/mol. The highest BCUT2D eigenvalue weighted by Gasteiger charge is 2.11. The summed E-state index contributed by atoms with van der Waals surface area (Å²) in [6.45, 7) is 1.27. The summed E-state index contributed by atoms with van der Waals surface area (Å²) in [5, 5.41) is 5.42. The number of amides is 1. The topological polar surface area (TPSA) is 33.5 Å². The Labute approximate surface area is 136 Å². The summed E-state index contributed by atoms with van der Waals surface area (Å²) in [7, 11) is 2.04. The molecule has 1 amide bonds. The van der Waals surface area contributed by atoms with Crippen LogP contribution in [0.3, 0.4) is 0 Å². The molecule has 0 bridgehead atoms. The van der Waals surface area contributed by atoms with Crippen molar-refractivity contribution < 1.29 is 9.69 Å². The van der Waals surface area contributed by atoms with Gasteiger partial charge in [-0.15, -0.1) is 0 Å². The number of hydrogen-bond acceptors (Lipinski definition) is 1. The summed E-state index contributed by atoms with van der Waals surface area (Å²) in [5.74, 6) is 0.0366. The fraction of sp³-hybridized carbons (Fsp3) is 0.150. The number of fused-ring (bicyclic) bond motifs is 1. The molecule has 0 spiro atoms. The van der Waals surface area contributed by atoms with Crippen molar-refractivity contribution in [1.29, 1.82) is 0 Å². The third-order valence-corrected chi connectivity index (χ3v) is 3.84. The van der Waals surface area contributed by atoms with E-state index in [9.17, 15) is 4.79 Å². The highest BCUT2D eigenvalue weighted by Crippen LogP contribution is 2.14. The first-order chi connectivity index (χ1) is 11.2. The van der Waals surface area contributed by atoms with Gasteiger partial charge in [0.15, 0.2) is 6.54 Å². The van der Waals surface area contributed by atoms with Crippen molar-refractivity contribution >= 4 is 22.4 Å². The zero-order valence-corrected chi connectivity index (χ0v) is 13.3. The lowest BCUT2D eigenvalue weighted by atomic mass is 10.1. The second-order valence-electron chi connectivity index (χ2n) is 5.91. The molecule has 0 aliphatic heterocycles. The Morgan fingerprint density at radius 1 is 0.913 bits per heavy atom. The SMILES string of the molecule is C[NH+](CC(=O)Nc1ccccc1)Cc1ccc2ccccc2c1. The van der Waals surface area contributed by atoms with Gasteiger partial charge >= 0.3 is 0 Å². The van der Waals surface area contributed by atoms with Crippen LogP contribution >= 0.6 is 0 Å². The predicted molar refractivity (Wildman–Crippen MR) is 94.5 cm³/mol. The molecule has 3 nitrogen and oxygen atoms in total. The molecule has 0 aliphatic rings. The van der Waals surface area contributed by atoms with Crippen LogP contribution in [0.25, 0.3) is 10.8 Å². The summed E-state index contributed by atoms with van der Waals surface area (Å²) >= 11 is 0. The van der Waals surface area contributed by atoms with Gasteiger partial charge in [0.1, 0.15) is 6.54 Å². The molecule has 0 radical (unpaired) electrons. The van der Waals surface area contributed by atoms with E-state index in [1.807, 2.05) is 43.4 Å². The van der Waals surface area contributed by atoms with E-state index in [1.54, 1.807) is 0 Å². The maximum Gasteiger partial charge on any atom is 0.279 e. The number of carbonyl (C=O) groups excluding carboxylic acids is 1. The minimum absolute atomic E-state index is 0.0366. The van der Waals surface area contributed by atoms with Gasteiger partial charge in [0.2, 0.25) is 0 Å². The maximum atomic E-state index is 12.1. The number of anilines is 1. The van der Waals surface area contributed by atoms with E-state index in [-0.39, 0.29) is 5.91 Å². The smallest absolute Gasteiger partial charge is 0.279 e. The Morgan fingerprint density at radius 3 is 2.39 bits per heavy atom. The Bertz CT molecular complexity index is 799. The molecule has 3 aromatic carbocycles. The Balaban J connectivity index is 1.59. The van der Waals surface area contributed by atoms with Gasteiger partial charge in [-0.1, -0.05) is 54.6 Å².